The Balaban J connectivity index is 1.59. The number of hydrogen-bond donors (Lipinski definition) is 2. The third kappa shape index (κ3) is 6.13. The molecular formula is C34H27FN4O4S2. The van der Waals surface area contributed by atoms with Gasteiger partial charge in [-0.25, -0.2) is 31.2 Å². The first-order chi connectivity index (χ1) is 21.5. The number of rotatable bonds is 8. The lowest BCUT2D eigenvalue weighted by Gasteiger charge is -2.18. The number of nitrogens with zero attached hydrogens (tertiary/aromatic N) is 2. The number of aryl methyl sites for hydroxylation is 2. The summed E-state index contributed by atoms with van der Waals surface area (Å²) in [5.41, 5.74) is 2.98. The molecule has 0 amide bonds. The number of nitrogens with one attached hydrogen (secondary N) is 2. The highest BCUT2D eigenvalue weighted by Crippen LogP contribution is 2.39. The molecule has 0 bridgehead atoms. The minimum atomic E-state index is -4.13. The zero-order valence-electron chi connectivity index (χ0n) is 24.2. The van der Waals surface area contributed by atoms with Crippen LogP contribution in [-0.2, 0) is 20.0 Å². The van der Waals surface area contributed by atoms with Gasteiger partial charge in [0.25, 0.3) is 20.0 Å². The third-order valence-electron chi connectivity index (χ3n) is 7.16. The van der Waals surface area contributed by atoms with Crippen molar-refractivity contribution >= 4 is 42.3 Å². The quantitative estimate of drug-likeness (QED) is 0.180. The lowest BCUT2D eigenvalue weighted by atomic mass is 10.0. The van der Waals surface area contributed by atoms with Crippen molar-refractivity contribution in [3.05, 3.63) is 132 Å². The van der Waals surface area contributed by atoms with E-state index < -0.39 is 25.9 Å². The van der Waals surface area contributed by atoms with Gasteiger partial charge in [-0.1, -0.05) is 77.9 Å². The normalized spacial score (nSPS) is 11.8. The van der Waals surface area contributed by atoms with Crippen LogP contribution in [0.3, 0.4) is 0 Å². The second kappa shape index (κ2) is 11.8. The number of fused-ring (bicyclic) bond motifs is 1. The van der Waals surface area contributed by atoms with E-state index in [0.29, 0.717) is 5.56 Å². The highest BCUT2D eigenvalue weighted by atomic mass is 32.2. The lowest BCUT2D eigenvalue weighted by molar-refractivity contribution is 0.599. The van der Waals surface area contributed by atoms with Crippen LogP contribution in [0.2, 0.25) is 0 Å². The fourth-order valence-corrected chi connectivity index (χ4v) is 7.01. The monoisotopic (exact) mass is 638 g/mol. The van der Waals surface area contributed by atoms with Crippen molar-refractivity contribution in [2.75, 3.05) is 9.44 Å². The number of anilines is 2. The molecule has 226 valence electrons. The topological polar surface area (TPSA) is 118 Å². The summed E-state index contributed by atoms with van der Waals surface area (Å²) in [5.74, 6) is -0.553. The zero-order valence-corrected chi connectivity index (χ0v) is 25.8. The Labute approximate surface area is 260 Å². The summed E-state index contributed by atoms with van der Waals surface area (Å²) >= 11 is 0. The predicted molar refractivity (Wildman–Crippen MR) is 174 cm³/mol. The molecule has 45 heavy (non-hydrogen) atoms. The van der Waals surface area contributed by atoms with Gasteiger partial charge in [0.05, 0.1) is 43.3 Å². The molecule has 0 unspecified atom stereocenters. The van der Waals surface area contributed by atoms with Crippen LogP contribution in [0.1, 0.15) is 11.1 Å². The van der Waals surface area contributed by atoms with E-state index in [1.54, 1.807) is 54.6 Å². The molecule has 6 aromatic rings. The molecule has 0 atom stereocenters. The Morgan fingerprint density at radius 1 is 0.578 bits per heavy atom. The smallest absolute Gasteiger partial charge is 0.261 e. The van der Waals surface area contributed by atoms with Crippen LogP contribution in [0.25, 0.3) is 33.5 Å². The van der Waals surface area contributed by atoms with E-state index in [4.69, 9.17) is 4.98 Å². The van der Waals surface area contributed by atoms with E-state index >= 15 is 4.39 Å². The van der Waals surface area contributed by atoms with Gasteiger partial charge in [0.1, 0.15) is 5.82 Å². The maximum absolute atomic E-state index is 15.2. The molecule has 0 radical (unpaired) electrons. The summed E-state index contributed by atoms with van der Waals surface area (Å²) in [6, 6.07) is 30.5. The molecule has 1 aromatic heterocycles. The number of benzene rings is 5. The summed E-state index contributed by atoms with van der Waals surface area (Å²) < 4.78 is 74.6. The van der Waals surface area contributed by atoms with Crippen molar-refractivity contribution in [3.63, 3.8) is 0 Å². The molecule has 1 heterocycles. The van der Waals surface area contributed by atoms with Gasteiger partial charge in [0.15, 0.2) is 5.82 Å². The standard InChI is InChI=1S/C34H27FN4O4S2/c1-22-14-18-25(19-15-22)44(40,41)38-29-12-7-13-30(39-45(42,43)26-20-16-23(2)17-21-26)32(29)34-36-28-11-6-10-27(35)31(28)33(37-34)24-8-4-3-5-9-24/h3-21,38-39H,1-2H3. The third-order valence-corrected chi connectivity index (χ3v) is 9.92. The average molecular weight is 639 g/mol. The highest BCUT2D eigenvalue weighted by Gasteiger charge is 2.25. The van der Waals surface area contributed by atoms with E-state index in [9.17, 15) is 16.8 Å². The Kier molecular flexibility index (Phi) is 7.81. The van der Waals surface area contributed by atoms with Gasteiger partial charge < -0.3 is 0 Å². The molecule has 5 aromatic carbocycles. The average Bonchev–Trinajstić information content (AvgIpc) is 3.01. The van der Waals surface area contributed by atoms with Gasteiger partial charge in [-0.3, -0.25) is 9.44 Å². The Hall–Kier alpha value is -5.13. The molecule has 0 saturated heterocycles. The first kappa shape index (κ1) is 29.9. The number of aromatic nitrogens is 2. The molecule has 2 N–H and O–H groups in total. The van der Waals surface area contributed by atoms with Crippen LogP contribution in [0, 0.1) is 19.7 Å². The Morgan fingerprint density at radius 2 is 1.09 bits per heavy atom. The summed E-state index contributed by atoms with van der Waals surface area (Å²) in [6.45, 7) is 3.69. The summed E-state index contributed by atoms with van der Waals surface area (Å²) in [4.78, 5) is 9.37. The highest BCUT2D eigenvalue weighted by molar-refractivity contribution is 7.93. The van der Waals surface area contributed by atoms with Crippen LogP contribution in [-0.4, -0.2) is 26.8 Å². The predicted octanol–water partition coefficient (Wildman–Crippen LogP) is 7.32. The summed E-state index contributed by atoms with van der Waals surface area (Å²) in [7, 11) is -8.26. The molecular weight excluding hydrogens is 612 g/mol. The lowest BCUT2D eigenvalue weighted by Crippen LogP contribution is -2.17. The minimum absolute atomic E-state index is 0.0103. The fourth-order valence-electron chi connectivity index (χ4n) is 4.86. The number of sulfonamides is 2. The van der Waals surface area contributed by atoms with Gasteiger partial charge in [0, 0.05) is 5.56 Å². The van der Waals surface area contributed by atoms with Crippen molar-refractivity contribution in [2.24, 2.45) is 0 Å². The first-order valence-corrected chi connectivity index (χ1v) is 16.8. The maximum Gasteiger partial charge on any atom is 0.261 e. The molecule has 0 spiro atoms. The van der Waals surface area contributed by atoms with Crippen molar-refractivity contribution in [2.45, 2.75) is 23.6 Å². The maximum atomic E-state index is 15.2. The number of hydrogen-bond acceptors (Lipinski definition) is 6. The second-order valence-corrected chi connectivity index (χ2v) is 13.8. The van der Waals surface area contributed by atoms with Crippen LogP contribution in [0.5, 0.6) is 0 Å². The molecule has 6 rings (SSSR count). The Morgan fingerprint density at radius 3 is 1.62 bits per heavy atom. The molecule has 0 fully saturated rings. The van der Waals surface area contributed by atoms with Crippen molar-refractivity contribution in [1.29, 1.82) is 0 Å². The van der Waals surface area contributed by atoms with Crippen LogP contribution in [0.15, 0.2) is 125 Å². The van der Waals surface area contributed by atoms with Gasteiger partial charge in [-0.2, -0.15) is 0 Å². The minimum Gasteiger partial charge on any atom is -0.279 e. The van der Waals surface area contributed by atoms with Gasteiger partial charge >= 0.3 is 0 Å². The van der Waals surface area contributed by atoms with Crippen molar-refractivity contribution in [3.8, 4) is 22.6 Å². The van der Waals surface area contributed by atoms with Gasteiger partial charge in [-0.15, -0.1) is 0 Å². The number of halogens is 1. The molecule has 0 aliphatic rings. The largest absolute Gasteiger partial charge is 0.279 e. The van der Waals surface area contributed by atoms with E-state index in [0.717, 1.165) is 11.1 Å². The van der Waals surface area contributed by atoms with Gasteiger partial charge in [-0.05, 0) is 62.4 Å². The van der Waals surface area contributed by atoms with E-state index in [1.165, 1.54) is 54.6 Å². The van der Waals surface area contributed by atoms with Crippen LogP contribution < -0.4 is 9.44 Å². The second-order valence-electron chi connectivity index (χ2n) is 10.5. The fraction of sp³-hybridized carbons (Fsp3) is 0.0588. The van der Waals surface area contributed by atoms with Gasteiger partial charge in [0.2, 0.25) is 0 Å². The summed E-state index contributed by atoms with van der Waals surface area (Å²) in [5, 5.41) is 0.173. The van der Waals surface area contributed by atoms with E-state index in [-0.39, 0.29) is 49.2 Å². The van der Waals surface area contributed by atoms with E-state index in [2.05, 4.69) is 14.4 Å². The van der Waals surface area contributed by atoms with Crippen molar-refractivity contribution < 1.29 is 21.2 Å². The molecule has 0 aliphatic heterocycles. The van der Waals surface area contributed by atoms with Crippen LogP contribution in [0.4, 0.5) is 15.8 Å². The SMILES string of the molecule is Cc1ccc(S(=O)(=O)Nc2cccc(NS(=O)(=O)c3ccc(C)cc3)c2-c2nc(-c3ccccc3)c3c(F)cccc3n2)cc1. The summed E-state index contributed by atoms with van der Waals surface area (Å²) in [6.07, 6.45) is 0. The first-order valence-electron chi connectivity index (χ1n) is 13.9. The molecule has 0 aliphatic carbocycles. The van der Waals surface area contributed by atoms with Crippen molar-refractivity contribution in [1.82, 2.24) is 9.97 Å². The zero-order chi connectivity index (χ0) is 31.8. The van der Waals surface area contributed by atoms with E-state index in [1.807, 2.05) is 19.9 Å². The molecule has 11 heteroatoms. The Bertz CT molecular complexity index is 2170. The molecule has 8 nitrogen and oxygen atoms in total. The molecule has 0 saturated carbocycles. The van der Waals surface area contributed by atoms with Crippen LogP contribution >= 0.6 is 0 Å².